The Morgan fingerprint density at radius 1 is 1.17 bits per heavy atom. The van der Waals surface area contributed by atoms with E-state index >= 15 is 0 Å². The lowest BCUT2D eigenvalue weighted by atomic mass is 9.96. The largest absolute Gasteiger partial charge is 0.366 e. The van der Waals surface area contributed by atoms with Crippen molar-refractivity contribution in [3.05, 3.63) is 29.6 Å². The molecule has 2 heterocycles. The summed E-state index contributed by atoms with van der Waals surface area (Å²) in [4.78, 5) is 53.4. The third-order valence-electron chi connectivity index (χ3n) is 6.32. The smallest absolute Gasteiger partial charge is 0.325 e. The van der Waals surface area contributed by atoms with Crippen molar-refractivity contribution in [1.29, 1.82) is 0 Å². The van der Waals surface area contributed by atoms with Gasteiger partial charge in [-0.15, -0.1) is 0 Å². The van der Waals surface area contributed by atoms with Crippen LogP contribution in [0.5, 0.6) is 0 Å². The Hall–Kier alpha value is -2.97. The van der Waals surface area contributed by atoms with Gasteiger partial charge in [0.2, 0.25) is 5.91 Å². The molecule has 2 aliphatic heterocycles. The summed E-state index contributed by atoms with van der Waals surface area (Å²) in [6.07, 6.45) is 1.80. The molecule has 160 valence electrons. The number of halogens is 1. The van der Waals surface area contributed by atoms with Crippen molar-refractivity contribution in [2.24, 2.45) is 5.92 Å². The van der Waals surface area contributed by atoms with Gasteiger partial charge in [-0.05, 0) is 50.8 Å². The van der Waals surface area contributed by atoms with E-state index in [-0.39, 0.29) is 30.1 Å². The fourth-order valence-electron chi connectivity index (χ4n) is 4.21. The zero-order valence-corrected chi connectivity index (χ0v) is 17.1. The summed E-state index contributed by atoms with van der Waals surface area (Å²) in [6, 6.07) is 3.88. The zero-order valence-electron chi connectivity index (χ0n) is 17.1. The lowest BCUT2D eigenvalue weighted by Gasteiger charge is -2.36. The highest BCUT2D eigenvalue weighted by Gasteiger charge is 2.56. The number of rotatable bonds is 5. The minimum Gasteiger partial charge on any atom is -0.366 e. The molecule has 4 rings (SSSR count). The van der Waals surface area contributed by atoms with E-state index in [1.165, 1.54) is 13.0 Å². The average Bonchev–Trinajstić information content (AvgIpc) is 3.54. The van der Waals surface area contributed by atoms with Crippen LogP contribution < -0.4 is 10.2 Å². The molecule has 1 atom stereocenters. The first kappa shape index (κ1) is 20.3. The van der Waals surface area contributed by atoms with Crippen LogP contribution in [-0.2, 0) is 9.59 Å². The number of piperazine rings is 1. The predicted octanol–water partition coefficient (Wildman–Crippen LogP) is 1.40. The first-order valence-electron chi connectivity index (χ1n) is 10.2. The summed E-state index contributed by atoms with van der Waals surface area (Å²) >= 11 is 0. The summed E-state index contributed by atoms with van der Waals surface area (Å²) in [6.45, 7) is 4.38. The highest BCUT2D eigenvalue weighted by molar-refractivity contribution is 6.09. The maximum Gasteiger partial charge on any atom is 0.325 e. The maximum atomic E-state index is 14.4. The van der Waals surface area contributed by atoms with Crippen molar-refractivity contribution >= 4 is 29.3 Å². The summed E-state index contributed by atoms with van der Waals surface area (Å²) in [7, 11) is 0. The fraction of sp³-hybridized carbons (Fsp3) is 0.524. The molecule has 1 saturated carbocycles. The van der Waals surface area contributed by atoms with Crippen LogP contribution >= 0.6 is 0 Å². The van der Waals surface area contributed by atoms with Crippen molar-refractivity contribution < 1.29 is 23.6 Å². The maximum absolute atomic E-state index is 14.4. The minimum absolute atomic E-state index is 0.141. The average molecular weight is 416 g/mol. The van der Waals surface area contributed by atoms with Crippen LogP contribution in [0.1, 0.15) is 37.0 Å². The number of imide groups is 1. The van der Waals surface area contributed by atoms with Crippen LogP contribution in [0.25, 0.3) is 0 Å². The number of carbonyl (C=O) groups excluding carboxylic acids is 4. The van der Waals surface area contributed by atoms with Crippen LogP contribution in [0, 0.1) is 11.7 Å². The van der Waals surface area contributed by atoms with Gasteiger partial charge in [0.1, 0.15) is 17.9 Å². The molecule has 3 fully saturated rings. The molecular weight excluding hydrogens is 391 g/mol. The van der Waals surface area contributed by atoms with Gasteiger partial charge in [0.25, 0.3) is 5.91 Å². The molecule has 0 bridgehead atoms. The van der Waals surface area contributed by atoms with E-state index in [0.717, 1.165) is 17.7 Å². The van der Waals surface area contributed by atoms with E-state index in [0.29, 0.717) is 37.4 Å². The molecule has 8 nitrogen and oxygen atoms in total. The Balaban J connectivity index is 1.35. The number of carbonyl (C=O) groups is 4. The van der Waals surface area contributed by atoms with Crippen molar-refractivity contribution in [2.75, 3.05) is 37.6 Å². The molecule has 4 amide bonds. The van der Waals surface area contributed by atoms with Crippen LogP contribution in [0.4, 0.5) is 14.9 Å². The molecule has 9 heteroatoms. The van der Waals surface area contributed by atoms with Crippen molar-refractivity contribution in [2.45, 2.75) is 32.2 Å². The number of nitrogens with one attached hydrogen (secondary N) is 1. The predicted molar refractivity (Wildman–Crippen MR) is 107 cm³/mol. The second-order valence-corrected chi connectivity index (χ2v) is 8.39. The summed E-state index contributed by atoms with van der Waals surface area (Å²) < 4.78 is 14.4. The molecule has 1 N–H and O–H groups in total. The van der Waals surface area contributed by atoms with Gasteiger partial charge in [0.05, 0.1) is 5.69 Å². The zero-order chi connectivity index (χ0) is 21.6. The quantitative estimate of drug-likeness (QED) is 0.579. The number of anilines is 1. The van der Waals surface area contributed by atoms with Gasteiger partial charge >= 0.3 is 6.03 Å². The number of benzene rings is 1. The van der Waals surface area contributed by atoms with Crippen molar-refractivity contribution in [3.8, 4) is 0 Å². The highest BCUT2D eigenvalue weighted by atomic mass is 19.1. The molecular formula is C21H25FN4O4. The SMILES string of the molecule is CC(=O)c1ccc(N2CCN(C(=O)CN3C(=O)N[C@](C)(C4CC4)C3=O)CC2)c(F)c1. The van der Waals surface area contributed by atoms with E-state index in [2.05, 4.69) is 5.32 Å². The topological polar surface area (TPSA) is 90.0 Å². The number of hydrogen-bond acceptors (Lipinski definition) is 5. The van der Waals surface area contributed by atoms with E-state index in [9.17, 15) is 23.6 Å². The molecule has 3 aliphatic rings. The number of ketones is 1. The fourth-order valence-corrected chi connectivity index (χ4v) is 4.21. The molecule has 0 radical (unpaired) electrons. The first-order chi connectivity index (χ1) is 14.2. The number of nitrogens with zero attached hydrogens (tertiary/aromatic N) is 3. The Bertz CT molecular complexity index is 924. The summed E-state index contributed by atoms with van der Waals surface area (Å²) in [5.74, 6) is -1.17. The van der Waals surface area contributed by atoms with E-state index in [1.807, 2.05) is 4.90 Å². The third-order valence-corrected chi connectivity index (χ3v) is 6.32. The van der Waals surface area contributed by atoms with Gasteiger partial charge in [0.15, 0.2) is 5.78 Å². The van der Waals surface area contributed by atoms with Crippen LogP contribution in [-0.4, -0.2) is 71.7 Å². The number of Topliss-reactive ketones (excluding diaryl/α,β-unsaturated/α-hetero) is 1. The standard InChI is InChI=1S/C21H25FN4O4/c1-13(27)14-3-6-17(16(22)11-14)24-7-9-25(10-8-24)18(28)12-26-19(29)21(2,15-4-5-15)23-20(26)30/h3,6,11,15H,4-5,7-10,12H2,1-2H3,(H,23,30)/t21-/m1/s1. The molecule has 0 spiro atoms. The molecule has 30 heavy (non-hydrogen) atoms. The number of urea groups is 1. The van der Waals surface area contributed by atoms with E-state index in [1.54, 1.807) is 24.0 Å². The second-order valence-electron chi connectivity index (χ2n) is 8.39. The molecule has 1 aromatic rings. The number of hydrogen-bond donors (Lipinski definition) is 1. The summed E-state index contributed by atoms with van der Waals surface area (Å²) in [5.41, 5.74) is -0.196. The Morgan fingerprint density at radius 2 is 1.83 bits per heavy atom. The molecule has 0 aromatic heterocycles. The number of amides is 4. The third kappa shape index (κ3) is 3.53. The Labute approximate surface area is 174 Å². The Morgan fingerprint density at radius 3 is 2.40 bits per heavy atom. The van der Waals surface area contributed by atoms with Gasteiger partial charge in [0, 0.05) is 31.7 Å². The lowest BCUT2D eigenvalue weighted by molar-refractivity contribution is -0.139. The van der Waals surface area contributed by atoms with Gasteiger partial charge in [-0.1, -0.05) is 0 Å². The van der Waals surface area contributed by atoms with Gasteiger partial charge in [-0.2, -0.15) is 0 Å². The van der Waals surface area contributed by atoms with Crippen LogP contribution in [0.15, 0.2) is 18.2 Å². The summed E-state index contributed by atoms with van der Waals surface area (Å²) in [5, 5.41) is 2.74. The molecule has 2 saturated heterocycles. The van der Waals surface area contributed by atoms with Gasteiger partial charge in [-0.3, -0.25) is 19.3 Å². The van der Waals surface area contributed by atoms with E-state index < -0.39 is 17.4 Å². The van der Waals surface area contributed by atoms with Gasteiger partial charge < -0.3 is 15.1 Å². The minimum atomic E-state index is -0.903. The monoisotopic (exact) mass is 416 g/mol. The Kier molecular flexibility index (Phi) is 4.99. The van der Waals surface area contributed by atoms with Crippen LogP contribution in [0.2, 0.25) is 0 Å². The second kappa shape index (κ2) is 7.37. The molecule has 1 aromatic carbocycles. The van der Waals surface area contributed by atoms with Crippen LogP contribution in [0.3, 0.4) is 0 Å². The first-order valence-corrected chi connectivity index (χ1v) is 10.2. The molecule has 1 aliphatic carbocycles. The lowest BCUT2D eigenvalue weighted by Crippen LogP contribution is -2.52. The van der Waals surface area contributed by atoms with Gasteiger partial charge in [-0.25, -0.2) is 9.18 Å². The van der Waals surface area contributed by atoms with Crippen molar-refractivity contribution in [1.82, 2.24) is 15.1 Å². The normalized spacial score (nSPS) is 24.3. The highest BCUT2D eigenvalue weighted by Crippen LogP contribution is 2.42. The van der Waals surface area contributed by atoms with Crippen molar-refractivity contribution in [3.63, 3.8) is 0 Å². The van der Waals surface area contributed by atoms with E-state index in [4.69, 9.17) is 0 Å². The molecule has 0 unspecified atom stereocenters.